The van der Waals surface area contributed by atoms with E-state index in [1.165, 1.54) is 17.4 Å². The minimum atomic E-state index is -0.269. The lowest BCUT2D eigenvalue weighted by atomic mass is 9.86. The van der Waals surface area contributed by atoms with Gasteiger partial charge in [0.1, 0.15) is 12.0 Å². The number of amides is 2. The zero-order valence-electron chi connectivity index (χ0n) is 21.0. The van der Waals surface area contributed by atoms with E-state index < -0.39 is 0 Å². The Bertz CT molecular complexity index is 1230. The van der Waals surface area contributed by atoms with Crippen LogP contribution >= 0.6 is 0 Å². The molecule has 2 amide bonds. The van der Waals surface area contributed by atoms with Crippen LogP contribution in [0.1, 0.15) is 77.3 Å². The lowest BCUT2D eigenvalue weighted by Gasteiger charge is -2.39. The Balaban J connectivity index is 1.40. The maximum Gasteiger partial charge on any atom is 0.273 e. The second kappa shape index (κ2) is 10.6. The summed E-state index contributed by atoms with van der Waals surface area (Å²) in [7, 11) is 0. The standard InChI is InChI=1S/C29H33N3O4/c1-3-30-28(33)25-17-36-26(31-25)18-35-23-13-12-20-14-15-32(29(34)22-6-4-5-7-22)27(24(20)16-23)21-10-8-19(2)9-11-21/h8-13,16-17,22,27H,3-7,14-15,18H2,1-2H3,(H,30,33)/t27-/m1/s1. The fraction of sp³-hybridized carbons (Fsp3) is 0.414. The molecule has 2 aliphatic rings. The average Bonchev–Trinajstić information content (AvgIpc) is 3.60. The highest BCUT2D eigenvalue weighted by Gasteiger charge is 2.36. The topological polar surface area (TPSA) is 84.7 Å². The first-order valence-electron chi connectivity index (χ1n) is 12.9. The van der Waals surface area contributed by atoms with Crippen molar-refractivity contribution in [3.8, 4) is 5.75 Å². The van der Waals surface area contributed by atoms with Gasteiger partial charge in [-0.25, -0.2) is 4.98 Å². The first-order chi connectivity index (χ1) is 17.5. The van der Waals surface area contributed by atoms with Crippen molar-refractivity contribution in [2.24, 2.45) is 5.92 Å². The van der Waals surface area contributed by atoms with Gasteiger partial charge < -0.3 is 19.4 Å². The third-order valence-corrected chi connectivity index (χ3v) is 7.21. The molecule has 7 nitrogen and oxygen atoms in total. The number of oxazole rings is 1. The Morgan fingerprint density at radius 2 is 1.92 bits per heavy atom. The smallest absolute Gasteiger partial charge is 0.273 e. The van der Waals surface area contributed by atoms with E-state index in [0.717, 1.165) is 49.8 Å². The number of aromatic nitrogens is 1. The van der Waals surface area contributed by atoms with Crippen LogP contribution in [0, 0.1) is 12.8 Å². The van der Waals surface area contributed by atoms with Gasteiger partial charge in [-0.3, -0.25) is 9.59 Å². The zero-order chi connectivity index (χ0) is 25.1. The minimum absolute atomic E-state index is 0.109. The quantitative estimate of drug-likeness (QED) is 0.508. The van der Waals surface area contributed by atoms with Gasteiger partial charge in [-0.1, -0.05) is 48.7 Å². The van der Waals surface area contributed by atoms with Crippen LogP contribution in [0.2, 0.25) is 0 Å². The number of carbonyl (C=O) groups is 2. The molecule has 1 N–H and O–H groups in total. The van der Waals surface area contributed by atoms with E-state index in [4.69, 9.17) is 9.15 Å². The van der Waals surface area contributed by atoms with Crippen molar-refractivity contribution in [3.05, 3.63) is 82.6 Å². The van der Waals surface area contributed by atoms with E-state index in [9.17, 15) is 9.59 Å². The SMILES string of the molecule is CCNC(=O)c1coc(COc2ccc3c(c2)[C@@H](c2ccc(C)cc2)N(C(=O)C2CCCC2)CC3)n1. The Hall–Kier alpha value is -3.61. The first kappa shape index (κ1) is 24.1. The van der Waals surface area contributed by atoms with Gasteiger partial charge in [-0.15, -0.1) is 0 Å². The number of benzene rings is 2. The maximum atomic E-state index is 13.6. The van der Waals surface area contributed by atoms with Crippen molar-refractivity contribution in [1.29, 1.82) is 0 Å². The number of hydrogen-bond donors (Lipinski definition) is 1. The molecular weight excluding hydrogens is 454 g/mol. The maximum absolute atomic E-state index is 13.6. The average molecular weight is 488 g/mol. The number of ether oxygens (including phenoxy) is 1. The molecule has 0 radical (unpaired) electrons. The van der Waals surface area contributed by atoms with Gasteiger partial charge >= 0.3 is 0 Å². The molecular formula is C29H33N3O4. The van der Waals surface area contributed by atoms with Crippen molar-refractivity contribution >= 4 is 11.8 Å². The summed E-state index contributed by atoms with van der Waals surface area (Å²) >= 11 is 0. The molecule has 5 rings (SSSR count). The van der Waals surface area contributed by atoms with Crippen molar-refractivity contribution in [3.63, 3.8) is 0 Å². The molecule has 1 fully saturated rings. The Morgan fingerprint density at radius 1 is 1.14 bits per heavy atom. The number of hydrogen-bond acceptors (Lipinski definition) is 5. The molecule has 1 aliphatic heterocycles. The zero-order valence-corrected chi connectivity index (χ0v) is 21.0. The normalized spacial score (nSPS) is 17.6. The van der Waals surface area contributed by atoms with Gasteiger partial charge in [0, 0.05) is 19.0 Å². The number of nitrogens with one attached hydrogen (secondary N) is 1. The van der Waals surface area contributed by atoms with Crippen molar-refractivity contribution in [2.45, 2.75) is 58.6 Å². The molecule has 188 valence electrons. The number of rotatable bonds is 7. The molecule has 2 aromatic carbocycles. The van der Waals surface area contributed by atoms with Gasteiger partial charge in [-0.2, -0.15) is 0 Å². The lowest BCUT2D eigenvalue weighted by Crippen LogP contribution is -2.43. The van der Waals surface area contributed by atoms with E-state index in [-0.39, 0.29) is 36.1 Å². The summed E-state index contributed by atoms with van der Waals surface area (Å²) in [6.07, 6.45) is 6.41. The number of fused-ring (bicyclic) bond motifs is 1. The second-order valence-electron chi connectivity index (χ2n) is 9.71. The van der Waals surface area contributed by atoms with E-state index in [0.29, 0.717) is 18.2 Å². The third-order valence-electron chi connectivity index (χ3n) is 7.21. The van der Waals surface area contributed by atoms with Crippen LogP contribution in [0.4, 0.5) is 0 Å². The summed E-state index contributed by atoms with van der Waals surface area (Å²) in [4.78, 5) is 31.9. The van der Waals surface area contributed by atoms with Gasteiger partial charge in [-0.05, 0) is 61.9 Å². The van der Waals surface area contributed by atoms with Gasteiger partial charge in [0.25, 0.3) is 5.91 Å². The highest BCUT2D eigenvalue weighted by molar-refractivity contribution is 5.91. The largest absolute Gasteiger partial charge is 0.484 e. The highest BCUT2D eigenvalue weighted by Crippen LogP contribution is 2.39. The summed E-state index contributed by atoms with van der Waals surface area (Å²) < 4.78 is 11.4. The molecule has 1 atom stereocenters. The Kier molecular flexibility index (Phi) is 7.07. The van der Waals surface area contributed by atoms with E-state index in [1.54, 1.807) is 0 Å². The fourth-order valence-electron chi connectivity index (χ4n) is 5.31. The molecule has 0 bridgehead atoms. The molecule has 36 heavy (non-hydrogen) atoms. The fourth-order valence-corrected chi connectivity index (χ4v) is 5.31. The van der Waals surface area contributed by atoms with Gasteiger partial charge in [0.2, 0.25) is 11.8 Å². The summed E-state index contributed by atoms with van der Waals surface area (Å²) in [5, 5.41) is 2.71. The van der Waals surface area contributed by atoms with Gasteiger partial charge in [0.05, 0.1) is 6.04 Å². The second-order valence-corrected chi connectivity index (χ2v) is 9.71. The van der Waals surface area contributed by atoms with Crippen LogP contribution in [-0.4, -0.2) is 34.8 Å². The van der Waals surface area contributed by atoms with Crippen LogP contribution < -0.4 is 10.1 Å². The highest BCUT2D eigenvalue weighted by atomic mass is 16.5. The number of carbonyl (C=O) groups excluding carboxylic acids is 2. The Morgan fingerprint density at radius 3 is 2.67 bits per heavy atom. The van der Waals surface area contributed by atoms with Crippen molar-refractivity contribution in [1.82, 2.24) is 15.2 Å². The molecule has 0 saturated heterocycles. The van der Waals surface area contributed by atoms with Crippen LogP contribution in [0.25, 0.3) is 0 Å². The molecule has 7 heteroatoms. The summed E-state index contributed by atoms with van der Waals surface area (Å²) in [6, 6.07) is 14.4. The van der Waals surface area contributed by atoms with E-state index >= 15 is 0 Å². The summed E-state index contributed by atoms with van der Waals surface area (Å²) in [6.45, 7) is 5.28. The van der Waals surface area contributed by atoms with Crippen molar-refractivity contribution in [2.75, 3.05) is 13.1 Å². The lowest BCUT2D eigenvalue weighted by molar-refractivity contribution is -0.137. The molecule has 1 aromatic heterocycles. The van der Waals surface area contributed by atoms with Crippen LogP contribution in [0.3, 0.4) is 0 Å². The molecule has 3 aromatic rings. The number of nitrogens with zero attached hydrogens (tertiary/aromatic N) is 2. The molecule has 1 saturated carbocycles. The number of aryl methyl sites for hydroxylation is 1. The Labute approximate surface area is 211 Å². The summed E-state index contributed by atoms with van der Waals surface area (Å²) in [5.74, 6) is 1.14. The predicted molar refractivity (Wildman–Crippen MR) is 136 cm³/mol. The van der Waals surface area contributed by atoms with Crippen LogP contribution in [-0.2, 0) is 17.8 Å². The molecule has 2 heterocycles. The molecule has 1 aliphatic carbocycles. The third kappa shape index (κ3) is 5.01. The monoisotopic (exact) mass is 487 g/mol. The summed E-state index contributed by atoms with van der Waals surface area (Å²) in [5.41, 5.74) is 4.88. The van der Waals surface area contributed by atoms with Crippen LogP contribution in [0.5, 0.6) is 5.75 Å². The molecule has 0 unspecified atom stereocenters. The van der Waals surface area contributed by atoms with Gasteiger partial charge in [0.15, 0.2) is 12.3 Å². The minimum Gasteiger partial charge on any atom is -0.484 e. The van der Waals surface area contributed by atoms with Crippen molar-refractivity contribution < 1.29 is 18.7 Å². The van der Waals surface area contributed by atoms with Crippen LogP contribution in [0.15, 0.2) is 53.1 Å². The first-order valence-corrected chi connectivity index (χ1v) is 12.9. The molecule has 0 spiro atoms. The van der Waals surface area contributed by atoms with E-state index in [1.807, 2.05) is 19.1 Å². The predicted octanol–water partition coefficient (Wildman–Crippen LogP) is 4.98. The van der Waals surface area contributed by atoms with E-state index in [2.05, 4.69) is 52.5 Å².